The molecule has 0 aliphatic rings. The van der Waals surface area contributed by atoms with Crippen LogP contribution in [0.25, 0.3) is 16.6 Å². The lowest BCUT2D eigenvalue weighted by Gasteiger charge is -2.15. The predicted octanol–water partition coefficient (Wildman–Crippen LogP) is 5.05. The molecule has 0 bridgehead atoms. The van der Waals surface area contributed by atoms with E-state index in [0.29, 0.717) is 27.5 Å². The van der Waals surface area contributed by atoms with Crippen LogP contribution in [-0.4, -0.2) is 28.3 Å². The number of thioether (sulfide) groups is 1. The smallest absolute Gasteiger partial charge is 0.266 e. The lowest BCUT2D eigenvalue weighted by Crippen LogP contribution is -2.23. The van der Waals surface area contributed by atoms with E-state index < -0.39 is 0 Å². The molecule has 0 unspecified atom stereocenters. The van der Waals surface area contributed by atoms with Crippen molar-refractivity contribution in [3.8, 4) is 11.4 Å². The molecule has 4 aromatic rings. The highest BCUT2D eigenvalue weighted by Crippen LogP contribution is 2.27. The number of hydrogen-bond donors (Lipinski definition) is 1. The van der Waals surface area contributed by atoms with Gasteiger partial charge in [0.25, 0.3) is 5.56 Å². The van der Waals surface area contributed by atoms with Gasteiger partial charge >= 0.3 is 0 Å². The van der Waals surface area contributed by atoms with Crippen LogP contribution < -0.4 is 15.6 Å². The fourth-order valence-electron chi connectivity index (χ4n) is 3.75. The van der Waals surface area contributed by atoms with E-state index in [9.17, 15) is 9.59 Å². The minimum absolute atomic E-state index is 0.0900. The molecule has 0 aliphatic heterocycles. The van der Waals surface area contributed by atoms with Crippen LogP contribution in [0.3, 0.4) is 0 Å². The SMILES string of the molecule is COc1ccc(C)cc1NC(=O)CSc1nc2ccccc2c(=O)n1-c1cc(C)cc(C)c1. The second-order valence-electron chi connectivity index (χ2n) is 7.94. The summed E-state index contributed by atoms with van der Waals surface area (Å²) >= 11 is 1.23. The Morgan fingerprint density at radius 3 is 2.45 bits per heavy atom. The van der Waals surface area contributed by atoms with E-state index in [-0.39, 0.29) is 17.2 Å². The van der Waals surface area contributed by atoms with Crippen LogP contribution in [0.5, 0.6) is 5.75 Å². The Hall–Kier alpha value is -3.58. The van der Waals surface area contributed by atoms with Gasteiger partial charge in [-0.2, -0.15) is 0 Å². The normalized spacial score (nSPS) is 10.9. The van der Waals surface area contributed by atoms with Crippen molar-refractivity contribution in [2.75, 3.05) is 18.2 Å². The largest absolute Gasteiger partial charge is 0.495 e. The van der Waals surface area contributed by atoms with Gasteiger partial charge in [-0.3, -0.25) is 14.2 Å². The molecule has 0 saturated heterocycles. The van der Waals surface area contributed by atoms with Crippen LogP contribution in [0.2, 0.25) is 0 Å². The molecule has 0 spiro atoms. The first-order chi connectivity index (χ1) is 15.9. The number of ether oxygens (including phenoxy) is 1. The van der Waals surface area contributed by atoms with Crippen molar-refractivity contribution >= 4 is 34.3 Å². The third-order valence-electron chi connectivity index (χ3n) is 5.17. The number of fused-ring (bicyclic) bond motifs is 1. The molecule has 0 fully saturated rings. The minimum atomic E-state index is -0.210. The number of amides is 1. The Bertz CT molecular complexity index is 1390. The van der Waals surface area contributed by atoms with Gasteiger partial charge in [0, 0.05) is 0 Å². The minimum Gasteiger partial charge on any atom is -0.495 e. The van der Waals surface area contributed by atoms with Crippen molar-refractivity contribution in [3.05, 3.63) is 87.7 Å². The molecule has 0 saturated carbocycles. The van der Waals surface area contributed by atoms with E-state index in [0.717, 1.165) is 22.4 Å². The molecule has 168 valence electrons. The van der Waals surface area contributed by atoms with Crippen molar-refractivity contribution in [1.29, 1.82) is 0 Å². The van der Waals surface area contributed by atoms with E-state index in [2.05, 4.69) is 11.4 Å². The molecule has 0 aliphatic carbocycles. The highest BCUT2D eigenvalue weighted by Gasteiger charge is 2.16. The standard InChI is InChI=1S/C26H25N3O3S/c1-16-9-10-23(32-4)22(14-16)27-24(30)15-33-26-28-21-8-6-5-7-20(21)25(31)29(26)19-12-17(2)11-18(3)13-19/h5-14H,15H2,1-4H3,(H,27,30). The number of aromatic nitrogens is 2. The molecule has 1 N–H and O–H groups in total. The average Bonchev–Trinajstić information content (AvgIpc) is 2.77. The number of carbonyl (C=O) groups is 1. The van der Waals surface area contributed by atoms with Crippen molar-refractivity contribution in [2.24, 2.45) is 0 Å². The number of nitrogens with one attached hydrogen (secondary N) is 1. The van der Waals surface area contributed by atoms with Crippen LogP contribution in [0.4, 0.5) is 5.69 Å². The van der Waals surface area contributed by atoms with Gasteiger partial charge in [0.05, 0.1) is 35.1 Å². The lowest BCUT2D eigenvalue weighted by atomic mass is 10.1. The Balaban J connectivity index is 1.69. The first-order valence-electron chi connectivity index (χ1n) is 10.5. The van der Waals surface area contributed by atoms with Gasteiger partial charge in [0.2, 0.25) is 5.91 Å². The second-order valence-corrected chi connectivity index (χ2v) is 8.88. The van der Waals surface area contributed by atoms with Crippen molar-refractivity contribution < 1.29 is 9.53 Å². The van der Waals surface area contributed by atoms with E-state index in [4.69, 9.17) is 9.72 Å². The number of para-hydroxylation sites is 1. The molecule has 33 heavy (non-hydrogen) atoms. The van der Waals surface area contributed by atoms with Crippen molar-refractivity contribution in [3.63, 3.8) is 0 Å². The predicted molar refractivity (Wildman–Crippen MR) is 134 cm³/mol. The lowest BCUT2D eigenvalue weighted by molar-refractivity contribution is -0.113. The van der Waals surface area contributed by atoms with Crippen molar-refractivity contribution in [1.82, 2.24) is 9.55 Å². The molecule has 1 heterocycles. The first kappa shape index (κ1) is 22.6. The van der Waals surface area contributed by atoms with Gasteiger partial charge in [-0.15, -0.1) is 0 Å². The number of hydrogen-bond acceptors (Lipinski definition) is 5. The Kier molecular flexibility index (Phi) is 6.51. The second kappa shape index (κ2) is 9.50. The third kappa shape index (κ3) is 4.93. The van der Waals surface area contributed by atoms with Gasteiger partial charge in [-0.25, -0.2) is 4.98 Å². The summed E-state index contributed by atoms with van der Waals surface area (Å²) in [6, 6.07) is 18.8. The zero-order chi connectivity index (χ0) is 23.5. The number of nitrogens with zero attached hydrogens (tertiary/aromatic N) is 2. The molecule has 0 atom stereocenters. The molecule has 1 amide bonds. The molecule has 4 rings (SSSR count). The quantitative estimate of drug-likeness (QED) is 0.323. The molecule has 7 heteroatoms. The molecule has 6 nitrogen and oxygen atoms in total. The maximum Gasteiger partial charge on any atom is 0.266 e. The molecule has 1 aromatic heterocycles. The third-order valence-corrected chi connectivity index (χ3v) is 6.11. The van der Waals surface area contributed by atoms with Crippen LogP contribution in [0.15, 0.2) is 70.6 Å². The summed E-state index contributed by atoms with van der Waals surface area (Å²) in [7, 11) is 1.57. The number of anilines is 1. The summed E-state index contributed by atoms with van der Waals surface area (Å²) in [6.07, 6.45) is 0. The fraction of sp³-hybridized carbons (Fsp3) is 0.192. The van der Waals surface area contributed by atoms with E-state index in [1.54, 1.807) is 17.7 Å². The number of methoxy groups -OCH3 is 1. The maximum atomic E-state index is 13.4. The van der Waals surface area contributed by atoms with E-state index in [1.807, 2.05) is 69.3 Å². The van der Waals surface area contributed by atoms with E-state index in [1.165, 1.54) is 11.8 Å². The number of aryl methyl sites for hydroxylation is 3. The summed E-state index contributed by atoms with van der Waals surface area (Å²) < 4.78 is 6.94. The van der Waals surface area contributed by atoms with Crippen LogP contribution >= 0.6 is 11.8 Å². The van der Waals surface area contributed by atoms with Gasteiger partial charge < -0.3 is 10.1 Å². The molecular formula is C26H25N3O3S. The fourth-order valence-corrected chi connectivity index (χ4v) is 4.57. The van der Waals surface area contributed by atoms with Gasteiger partial charge in [0.1, 0.15) is 5.75 Å². The van der Waals surface area contributed by atoms with Crippen LogP contribution in [0.1, 0.15) is 16.7 Å². The molecule has 0 radical (unpaired) electrons. The maximum absolute atomic E-state index is 13.4. The highest BCUT2D eigenvalue weighted by atomic mass is 32.2. The van der Waals surface area contributed by atoms with Crippen LogP contribution in [-0.2, 0) is 4.79 Å². The summed E-state index contributed by atoms with van der Waals surface area (Å²) in [5.41, 5.74) is 4.90. The topological polar surface area (TPSA) is 73.2 Å². The summed E-state index contributed by atoms with van der Waals surface area (Å²) in [5, 5.41) is 3.91. The Morgan fingerprint density at radius 1 is 1.00 bits per heavy atom. The van der Waals surface area contributed by atoms with Gasteiger partial charge in [0.15, 0.2) is 5.16 Å². The molecular weight excluding hydrogens is 434 g/mol. The Labute approximate surface area is 196 Å². The van der Waals surface area contributed by atoms with Gasteiger partial charge in [-0.05, 0) is 73.9 Å². The zero-order valence-corrected chi connectivity index (χ0v) is 19.8. The Morgan fingerprint density at radius 2 is 1.73 bits per heavy atom. The summed E-state index contributed by atoms with van der Waals surface area (Å²) in [5.74, 6) is 0.473. The monoisotopic (exact) mass is 459 g/mol. The molecule has 3 aromatic carbocycles. The average molecular weight is 460 g/mol. The highest BCUT2D eigenvalue weighted by molar-refractivity contribution is 7.99. The van der Waals surface area contributed by atoms with Crippen LogP contribution in [0, 0.1) is 20.8 Å². The summed E-state index contributed by atoms with van der Waals surface area (Å²) in [4.78, 5) is 30.9. The van der Waals surface area contributed by atoms with E-state index >= 15 is 0 Å². The first-order valence-corrected chi connectivity index (χ1v) is 11.5. The van der Waals surface area contributed by atoms with Gasteiger partial charge in [-0.1, -0.05) is 36.0 Å². The number of carbonyl (C=O) groups excluding carboxylic acids is 1. The van der Waals surface area contributed by atoms with Crippen molar-refractivity contribution in [2.45, 2.75) is 25.9 Å². The number of benzene rings is 3. The number of rotatable bonds is 6. The summed E-state index contributed by atoms with van der Waals surface area (Å²) in [6.45, 7) is 5.93. The zero-order valence-electron chi connectivity index (χ0n) is 19.0.